The van der Waals surface area contributed by atoms with Crippen molar-refractivity contribution in [2.24, 2.45) is 0 Å². The van der Waals surface area contributed by atoms with E-state index in [-0.39, 0.29) is 5.75 Å². The Morgan fingerprint density at radius 1 is 1.32 bits per heavy atom. The molecule has 0 radical (unpaired) electrons. The van der Waals surface area contributed by atoms with Crippen LogP contribution in [0.25, 0.3) is 0 Å². The SMILES string of the molecule is O=S(=O)(CCC1CCCCN1)Nc1ccccc1Cl. The van der Waals surface area contributed by atoms with Gasteiger partial charge in [0.05, 0.1) is 16.5 Å². The van der Waals surface area contributed by atoms with Gasteiger partial charge in [-0.05, 0) is 37.9 Å². The summed E-state index contributed by atoms with van der Waals surface area (Å²) in [6, 6.07) is 7.18. The molecule has 2 rings (SSSR count). The monoisotopic (exact) mass is 302 g/mol. The fourth-order valence-corrected chi connectivity index (χ4v) is 3.68. The highest BCUT2D eigenvalue weighted by Crippen LogP contribution is 2.22. The third-order valence-electron chi connectivity index (χ3n) is 3.29. The Kier molecular flexibility index (Phi) is 5.07. The molecule has 0 aromatic heterocycles. The van der Waals surface area contributed by atoms with Crippen molar-refractivity contribution in [3.8, 4) is 0 Å². The van der Waals surface area contributed by atoms with E-state index in [0.29, 0.717) is 23.2 Å². The topological polar surface area (TPSA) is 58.2 Å². The molecule has 1 aliphatic heterocycles. The van der Waals surface area contributed by atoms with Crippen LogP contribution in [0.1, 0.15) is 25.7 Å². The van der Waals surface area contributed by atoms with E-state index in [2.05, 4.69) is 10.0 Å². The lowest BCUT2D eigenvalue weighted by Gasteiger charge is -2.23. The second kappa shape index (κ2) is 6.59. The van der Waals surface area contributed by atoms with Crippen molar-refractivity contribution in [1.82, 2.24) is 5.32 Å². The van der Waals surface area contributed by atoms with E-state index in [4.69, 9.17) is 11.6 Å². The molecule has 0 amide bonds. The molecular formula is C13H19ClN2O2S. The maximum atomic E-state index is 12.0. The van der Waals surface area contributed by atoms with Crippen molar-refractivity contribution in [3.05, 3.63) is 29.3 Å². The van der Waals surface area contributed by atoms with Crippen LogP contribution in [0.3, 0.4) is 0 Å². The van der Waals surface area contributed by atoms with Crippen molar-refractivity contribution in [3.63, 3.8) is 0 Å². The summed E-state index contributed by atoms with van der Waals surface area (Å²) >= 11 is 5.94. The summed E-state index contributed by atoms with van der Waals surface area (Å²) < 4.78 is 26.5. The van der Waals surface area contributed by atoms with Crippen LogP contribution in [0.5, 0.6) is 0 Å². The third kappa shape index (κ3) is 4.67. The number of rotatable bonds is 5. The van der Waals surface area contributed by atoms with E-state index in [9.17, 15) is 8.42 Å². The lowest BCUT2D eigenvalue weighted by Crippen LogP contribution is -2.36. The Balaban J connectivity index is 1.90. The summed E-state index contributed by atoms with van der Waals surface area (Å²) in [5, 5.41) is 3.77. The first-order valence-corrected chi connectivity index (χ1v) is 8.58. The van der Waals surface area contributed by atoms with Gasteiger partial charge in [0.15, 0.2) is 0 Å². The van der Waals surface area contributed by atoms with Crippen LogP contribution in [-0.4, -0.2) is 26.8 Å². The Labute approximate surface area is 119 Å². The van der Waals surface area contributed by atoms with Crippen molar-refractivity contribution in [2.75, 3.05) is 17.0 Å². The van der Waals surface area contributed by atoms with Crippen molar-refractivity contribution in [2.45, 2.75) is 31.7 Å². The molecule has 1 aromatic rings. The van der Waals surface area contributed by atoms with E-state index < -0.39 is 10.0 Å². The lowest BCUT2D eigenvalue weighted by atomic mass is 10.0. The van der Waals surface area contributed by atoms with Crippen molar-refractivity contribution < 1.29 is 8.42 Å². The number of anilines is 1. The molecule has 6 heteroatoms. The van der Waals surface area contributed by atoms with E-state index in [1.54, 1.807) is 24.3 Å². The molecule has 0 saturated carbocycles. The summed E-state index contributed by atoms with van der Waals surface area (Å²) in [7, 11) is -3.33. The first-order valence-electron chi connectivity index (χ1n) is 6.55. The van der Waals surface area contributed by atoms with Crippen molar-refractivity contribution in [1.29, 1.82) is 0 Å². The fourth-order valence-electron chi connectivity index (χ4n) is 2.23. The number of sulfonamides is 1. The third-order valence-corrected chi connectivity index (χ3v) is 4.92. The van der Waals surface area contributed by atoms with E-state index >= 15 is 0 Å². The predicted molar refractivity (Wildman–Crippen MR) is 79.1 cm³/mol. The minimum absolute atomic E-state index is 0.121. The molecule has 4 nitrogen and oxygen atoms in total. The van der Waals surface area contributed by atoms with Gasteiger partial charge in [0.1, 0.15) is 0 Å². The van der Waals surface area contributed by atoms with Crippen LogP contribution >= 0.6 is 11.6 Å². The number of benzene rings is 1. The molecule has 1 aromatic carbocycles. The number of nitrogens with one attached hydrogen (secondary N) is 2. The van der Waals surface area contributed by atoms with Crippen LogP contribution < -0.4 is 10.0 Å². The summed E-state index contributed by atoms with van der Waals surface area (Å²) in [5.74, 6) is 0.121. The number of hydrogen-bond acceptors (Lipinski definition) is 3. The molecule has 106 valence electrons. The van der Waals surface area contributed by atoms with E-state index in [0.717, 1.165) is 13.0 Å². The second-order valence-electron chi connectivity index (χ2n) is 4.84. The predicted octanol–water partition coefficient (Wildman–Crippen LogP) is 2.61. The largest absolute Gasteiger partial charge is 0.314 e. The summed E-state index contributed by atoms with van der Waals surface area (Å²) in [5.41, 5.74) is 0.445. The van der Waals surface area contributed by atoms with Gasteiger partial charge in [-0.25, -0.2) is 8.42 Å². The quantitative estimate of drug-likeness (QED) is 0.879. The van der Waals surface area contributed by atoms with E-state index in [1.165, 1.54) is 12.8 Å². The van der Waals surface area contributed by atoms with Gasteiger partial charge in [-0.15, -0.1) is 0 Å². The molecule has 0 bridgehead atoms. The maximum Gasteiger partial charge on any atom is 0.232 e. The Morgan fingerprint density at radius 2 is 2.11 bits per heavy atom. The maximum absolute atomic E-state index is 12.0. The van der Waals surface area contributed by atoms with Gasteiger partial charge in [-0.3, -0.25) is 4.72 Å². The molecule has 0 aliphatic carbocycles. The zero-order valence-electron chi connectivity index (χ0n) is 10.7. The molecule has 1 aliphatic rings. The number of piperidine rings is 1. The van der Waals surface area contributed by atoms with Crippen LogP contribution in [0.15, 0.2) is 24.3 Å². The Hall–Kier alpha value is -0.780. The van der Waals surface area contributed by atoms with Gasteiger partial charge >= 0.3 is 0 Å². The summed E-state index contributed by atoms with van der Waals surface area (Å²) in [6.07, 6.45) is 4.05. The number of para-hydroxylation sites is 1. The average molecular weight is 303 g/mol. The van der Waals surface area contributed by atoms with Gasteiger partial charge in [-0.2, -0.15) is 0 Å². The average Bonchev–Trinajstić information content (AvgIpc) is 2.40. The standard InChI is InChI=1S/C13H19ClN2O2S/c14-12-6-1-2-7-13(12)16-19(17,18)10-8-11-5-3-4-9-15-11/h1-2,6-7,11,15-16H,3-5,8-10H2. The zero-order chi connectivity index (χ0) is 13.7. The molecular weight excluding hydrogens is 284 g/mol. The fraction of sp³-hybridized carbons (Fsp3) is 0.538. The molecule has 0 spiro atoms. The van der Waals surface area contributed by atoms with Crippen LogP contribution in [0.2, 0.25) is 5.02 Å². The minimum Gasteiger partial charge on any atom is -0.314 e. The van der Waals surface area contributed by atoms with Crippen LogP contribution in [-0.2, 0) is 10.0 Å². The highest BCUT2D eigenvalue weighted by Gasteiger charge is 2.18. The smallest absolute Gasteiger partial charge is 0.232 e. The molecule has 1 fully saturated rings. The Bertz CT molecular complexity index is 513. The summed E-state index contributed by atoms with van der Waals surface area (Å²) in [6.45, 7) is 0.989. The normalized spacial score (nSPS) is 20.2. The minimum atomic E-state index is -3.33. The van der Waals surface area contributed by atoms with Crippen LogP contribution in [0.4, 0.5) is 5.69 Å². The Morgan fingerprint density at radius 3 is 2.79 bits per heavy atom. The molecule has 1 saturated heterocycles. The highest BCUT2D eigenvalue weighted by molar-refractivity contribution is 7.92. The number of hydrogen-bond donors (Lipinski definition) is 2. The van der Waals surface area contributed by atoms with Gasteiger partial charge in [0, 0.05) is 6.04 Å². The highest BCUT2D eigenvalue weighted by atomic mass is 35.5. The van der Waals surface area contributed by atoms with Crippen molar-refractivity contribution >= 4 is 27.3 Å². The van der Waals surface area contributed by atoms with Gasteiger partial charge < -0.3 is 5.32 Å². The first kappa shape index (κ1) is 14.6. The molecule has 2 N–H and O–H groups in total. The molecule has 1 heterocycles. The first-order chi connectivity index (χ1) is 9.07. The number of halogens is 1. The second-order valence-corrected chi connectivity index (χ2v) is 7.09. The molecule has 1 atom stereocenters. The molecule has 1 unspecified atom stereocenters. The summed E-state index contributed by atoms with van der Waals surface area (Å²) in [4.78, 5) is 0. The molecule has 19 heavy (non-hydrogen) atoms. The van der Waals surface area contributed by atoms with Gasteiger partial charge in [0.25, 0.3) is 0 Å². The van der Waals surface area contributed by atoms with Crippen LogP contribution in [0, 0.1) is 0 Å². The van der Waals surface area contributed by atoms with E-state index in [1.807, 2.05) is 0 Å². The zero-order valence-corrected chi connectivity index (χ0v) is 12.3. The van der Waals surface area contributed by atoms with Gasteiger partial charge in [0.2, 0.25) is 10.0 Å². The lowest BCUT2D eigenvalue weighted by molar-refractivity contribution is 0.393. The van der Waals surface area contributed by atoms with Gasteiger partial charge in [-0.1, -0.05) is 30.2 Å².